The van der Waals surface area contributed by atoms with E-state index < -0.39 is 18.3 Å². The number of aromatic amines is 1. The molecule has 7 rings (SSSR count). The number of nitrogens with zero attached hydrogens (tertiary/aromatic N) is 2. The Hall–Kier alpha value is -3.60. The number of likely N-dealkylation sites (tertiary alicyclic amines) is 1. The number of H-pyrrole nitrogens is 1. The molecular formula is C30H31N5O4S. The van der Waals surface area contributed by atoms with Gasteiger partial charge in [0.15, 0.2) is 5.01 Å². The number of aliphatic hydroxyl groups is 1. The lowest BCUT2D eigenvalue weighted by molar-refractivity contribution is -0.122. The van der Waals surface area contributed by atoms with Crippen molar-refractivity contribution in [1.29, 1.82) is 0 Å². The molecule has 40 heavy (non-hydrogen) atoms. The van der Waals surface area contributed by atoms with Crippen molar-refractivity contribution < 1.29 is 19.5 Å². The summed E-state index contributed by atoms with van der Waals surface area (Å²) in [6.07, 6.45) is 2.45. The topological polar surface area (TPSA) is 127 Å². The molecule has 4 N–H and O–H groups in total. The summed E-state index contributed by atoms with van der Waals surface area (Å²) < 4.78 is 0.908. The number of para-hydroxylation sites is 2. The van der Waals surface area contributed by atoms with Crippen LogP contribution in [0.1, 0.15) is 52.4 Å². The van der Waals surface area contributed by atoms with E-state index in [2.05, 4.69) is 20.6 Å². The van der Waals surface area contributed by atoms with Crippen molar-refractivity contribution in [2.75, 3.05) is 13.1 Å². The fourth-order valence-corrected chi connectivity index (χ4v) is 7.29. The molecule has 2 amide bonds. The van der Waals surface area contributed by atoms with Crippen LogP contribution in [0, 0.1) is 11.3 Å². The van der Waals surface area contributed by atoms with Crippen molar-refractivity contribution in [3.05, 3.63) is 65.3 Å². The van der Waals surface area contributed by atoms with E-state index in [-0.39, 0.29) is 35.4 Å². The van der Waals surface area contributed by atoms with E-state index in [0.29, 0.717) is 36.6 Å². The Morgan fingerprint density at radius 1 is 1.18 bits per heavy atom. The lowest BCUT2D eigenvalue weighted by atomic mass is 9.95. The number of hydrogen-bond acceptors (Lipinski definition) is 7. The number of nitrogens with one attached hydrogen (secondary N) is 3. The average Bonchev–Trinajstić information content (AvgIpc) is 3.38. The molecule has 10 heteroatoms. The average molecular weight is 558 g/mol. The van der Waals surface area contributed by atoms with E-state index in [0.717, 1.165) is 34.0 Å². The van der Waals surface area contributed by atoms with Crippen molar-refractivity contribution in [1.82, 2.24) is 25.5 Å². The predicted molar refractivity (Wildman–Crippen MR) is 152 cm³/mol. The fourth-order valence-electron chi connectivity index (χ4n) is 6.33. The number of carbonyl (C=O) groups excluding carboxylic acids is 3. The molecule has 2 saturated heterocycles. The van der Waals surface area contributed by atoms with E-state index in [9.17, 15) is 19.5 Å². The lowest BCUT2D eigenvalue weighted by Crippen LogP contribution is -2.54. The van der Waals surface area contributed by atoms with Crippen LogP contribution in [-0.4, -0.2) is 69.0 Å². The minimum Gasteiger partial charge on any atom is -0.376 e. The zero-order valence-corrected chi connectivity index (χ0v) is 22.7. The molecule has 0 bridgehead atoms. The second kappa shape index (κ2) is 9.79. The molecule has 206 valence electrons. The van der Waals surface area contributed by atoms with Gasteiger partial charge in [-0.05, 0) is 61.8 Å². The Kier molecular flexibility index (Phi) is 6.21. The van der Waals surface area contributed by atoms with Crippen LogP contribution in [0.3, 0.4) is 0 Å². The standard InChI is InChI=1S/C30H31N5O4S/c36-25(28-34-20-7-3-4-8-24(20)40-28)21(14-18-9-12-31-26(18)37)33-27(38)23-15-30(10-11-30)16-35(23)29(39)22-13-17-5-1-2-6-19(17)32-22/h1-8,13,18,21,23,27,32-33,38H,9-12,14-16H2,(H,31,37)/t18-,21?,23-,27?/m0/s1. The summed E-state index contributed by atoms with van der Waals surface area (Å²) in [5.41, 5.74) is 2.14. The number of amides is 2. The highest BCUT2D eigenvalue weighted by Gasteiger charge is 2.55. The van der Waals surface area contributed by atoms with Gasteiger partial charge in [-0.2, -0.15) is 0 Å². The minimum atomic E-state index is -1.14. The summed E-state index contributed by atoms with van der Waals surface area (Å²) in [5.74, 6) is -0.806. The van der Waals surface area contributed by atoms with Gasteiger partial charge in [-0.3, -0.25) is 19.7 Å². The Bertz CT molecular complexity index is 1560. The van der Waals surface area contributed by atoms with Crippen LogP contribution < -0.4 is 10.6 Å². The predicted octanol–water partition coefficient (Wildman–Crippen LogP) is 3.46. The summed E-state index contributed by atoms with van der Waals surface area (Å²) in [5, 5.41) is 18.9. The van der Waals surface area contributed by atoms with Gasteiger partial charge in [-0.1, -0.05) is 30.3 Å². The monoisotopic (exact) mass is 557 g/mol. The highest BCUT2D eigenvalue weighted by Crippen LogP contribution is 2.55. The molecule has 4 heterocycles. The normalized spacial score (nSPS) is 23.1. The van der Waals surface area contributed by atoms with Gasteiger partial charge in [0.2, 0.25) is 11.7 Å². The van der Waals surface area contributed by atoms with Crippen LogP contribution in [0.15, 0.2) is 54.6 Å². The van der Waals surface area contributed by atoms with Crippen molar-refractivity contribution in [2.45, 2.75) is 50.4 Å². The Morgan fingerprint density at radius 3 is 2.73 bits per heavy atom. The first-order valence-corrected chi connectivity index (χ1v) is 14.7. The van der Waals surface area contributed by atoms with Gasteiger partial charge < -0.3 is 20.3 Å². The molecule has 4 atom stereocenters. The minimum absolute atomic E-state index is 0.0207. The van der Waals surface area contributed by atoms with E-state index >= 15 is 0 Å². The van der Waals surface area contributed by atoms with Gasteiger partial charge in [0, 0.05) is 29.9 Å². The van der Waals surface area contributed by atoms with Gasteiger partial charge in [0.05, 0.1) is 22.3 Å². The van der Waals surface area contributed by atoms with E-state index in [1.165, 1.54) is 11.3 Å². The van der Waals surface area contributed by atoms with Crippen molar-refractivity contribution in [3.63, 3.8) is 0 Å². The molecule has 3 aliphatic rings. The molecule has 1 spiro atoms. The molecule has 2 unspecified atom stereocenters. The first kappa shape index (κ1) is 25.4. The van der Waals surface area contributed by atoms with E-state index in [4.69, 9.17) is 0 Å². The molecule has 0 radical (unpaired) electrons. The number of aliphatic hydroxyl groups excluding tert-OH is 1. The molecule has 1 aliphatic carbocycles. The number of carbonyl (C=O) groups is 3. The Balaban J connectivity index is 1.15. The maximum absolute atomic E-state index is 13.8. The first-order chi connectivity index (χ1) is 19.4. The summed E-state index contributed by atoms with van der Waals surface area (Å²) in [6.45, 7) is 1.15. The third-order valence-corrected chi connectivity index (χ3v) is 9.82. The number of rotatable bonds is 8. The second-order valence-corrected chi connectivity index (χ2v) is 12.5. The molecule has 2 aromatic carbocycles. The smallest absolute Gasteiger partial charge is 0.270 e. The second-order valence-electron chi connectivity index (χ2n) is 11.5. The highest BCUT2D eigenvalue weighted by molar-refractivity contribution is 7.20. The third-order valence-electron chi connectivity index (χ3n) is 8.77. The van der Waals surface area contributed by atoms with Crippen LogP contribution in [-0.2, 0) is 4.79 Å². The number of benzene rings is 2. The quantitative estimate of drug-likeness (QED) is 0.194. The Morgan fingerprint density at radius 2 is 1.98 bits per heavy atom. The number of aromatic nitrogens is 2. The molecule has 4 aromatic rings. The number of hydrogen-bond donors (Lipinski definition) is 4. The molecule has 3 fully saturated rings. The zero-order chi connectivity index (χ0) is 27.4. The third kappa shape index (κ3) is 4.59. The van der Waals surface area contributed by atoms with Crippen LogP contribution >= 0.6 is 11.3 Å². The number of thiazole rings is 1. The summed E-state index contributed by atoms with van der Waals surface area (Å²) in [6, 6.07) is 15.9. The summed E-state index contributed by atoms with van der Waals surface area (Å²) >= 11 is 1.31. The summed E-state index contributed by atoms with van der Waals surface area (Å²) in [7, 11) is 0. The maximum Gasteiger partial charge on any atom is 0.270 e. The number of Topliss-reactive ketones (excluding diaryl/α,β-unsaturated/α-hetero) is 1. The molecule has 1 saturated carbocycles. The van der Waals surface area contributed by atoms with E-state index in [1.54, 1.807) is 4.90 Å². The van der Waals surface area contributed by atoms with Crippen LogP contribution in [0.2, 0.25) is 0 Å². The van der Waals surface area contributed by atoms with Crippen molar-refractivity contribution in [3.8, 4) is 0 Å². The van der Waals surface area contributed by atoms with Gasteiger partial charge in [-0.15, -0.1) is 11.3 Å². The van der Waals surface area contributed by atoms with Crippen LogP contribution in [0.4, 0.5) is 0 Å². The van der Waals surface area contributed by atoms with Gasteiger partial charge in [0.1, 0.15) is 11.9 Å². The number of ketones is 1. The molecule has 2 aliphatic heterocycles. The van der Waals surface area contributed by atoms with Crippen LogP contribution in [0.25, 0.3) is 21.1 Å². The molecule has 9 nitrogen and oxygen atoms in total. The maximum atomic E-state index is 13.8. The summed E-state index contributed by atoms with van der Waals surface area (Å²) in [4.78, 5) is 49.5. The zero-order valence-electron chi connectivity index (χ0n) is 21.9. The SMILES string of the molecule is O=C(c1nc2ccccc2s1)C(C[C@@H]1CCNC1=O)NC(O)[C@@H]1CC2(CC2)CN1C(=O)c1cc2ccccc2[nH]1. The van der Waals surface area contributed by atoms with Crippen molar-refractivity contribution in [2.24, 2.45) is 11.3 Å². The van der Waals surface area contributed by atoms with Crippen LogP contribution in [0.5, 0.6) is 0 Å². The van der Waals surface area contributed by atoms with Gasteiger partial charge in [0.25, 0.3) is 5.91 Å². The van der Waals surface area contributed by atoms with E-state index in [1.807, 2.05) is 54.6 Å². The Labute approximate surface area is 235 Å². The van der Waals surface area contributed by atoms with Crippen molar-refractivity contribution >= 4 is 50.1 Å². The first-order valence-electron chi connectivity index (χ1n) is 13.9. The van der Waals surface area contributed by atoms with Gasteiger partial charge in [-0.25, -0.2) is 4.98 Å². The fraction of sp³-hybridized carbons (Fsp3) is 0.400. The lowest BCUT2D eigenvalue weighted by Gasteiger charge is -2.31. The molecular weight excluding hydrogens is 526 g/mol. The van der Waals surface area contributed by atoms with Gasteiger partial charge >= 0.3 is 0 Å². The number of fused-ring (bicyclic) bond motifs is 2. The molecule has 2 aromatic heterocycles. The largest absolute Gasteiger partial charge is 0.376 e. The highest BCUT2D eigenvalue weighted by atomic mass is 32.1.